The quantitative estimate of drug-likeness (QED) is 0.0626. The maximum absolute atomic E-state index is 12.7. The van der Waals surface area contributed by atoms with Crippen LogP contribution in [0.5, 0.6) is 0 Å². The molecule has 0 radical (unpaired) electrons. The van der Waals surface area contributed by atoms with Crippen molar-refractivity contribution in [2.75, 3.05) is 54.5 Å². The van der Waals surface area contributed by atoms with Crippen LogP contribution in [0.25, 0.3) is 0 Å². The predicted molar refractivity (Wildman–Crippen MR) is 193 cm³/mol. The Balaban J connectivity index is -0.00000968. The van der Waals surface area contributed by atoms with Crippen molar-refractivity contribution in [3.8, 4) is 0 Å². The first-order chi connectivity index (χ1) is 21.5. The van der Waals surface area contributed by atoms with Gasteiger partial charge in [-0.1, -0.05) is 130 Å². The van der Waals surface area contributed by atoms with Gasteiger partial charge in [0.05, 0.1) is 41.4 Å². The lowest BCUT2D eigenvalue weighted by atomic mass is 10.1. The van der Waals surface area contributed by atoms with Gasteiger partial charge >= 0.3 is 0 Å². The van der Waals surface area contributed by atoms with Gasteiger partial charge in [-0.05, 0) is 12.8 Å². The molecule has 0 aliphatic heterocycles. The van der Waals surface area contributed by atoms with E-state index < -0.39 is 0 Å². The summed E-state index contributed by atoms with van der Waals surface area (Å²) < 4.78 is 7.54. The lowest BCUT2D eigenvalue weighted by molar-refractivity contribution is -0.921. The second-order valence-electron chi connectivity index (χ2n) is 14.8. The number of unbranched alkanes of at least 4 members (excludes halogenated alkanes) is 16. The van der Waals surface area contributed by atoms with Gasteiger partial charge in [-0.25, -0.2) is 0 Å². The third kappa shape index (κ3) is 28.2. The van der Waals surface area contributed by atoms with Crippen LogP contribution in [0.1, 0.15) is 169 Å². The summed E-state index contributed by atoms with van der Waals surface area (Å²) in [5.74, 6) is 0.364. The molecule has 0 aromatic heterocycles. The fraction of sp³-hybridized carbons (Fsp3) is 0.947. The van der Waals surface area contributed by atoms with Crippen LogP contribution in [0.15, 0.2) is 0 Å². The van der Waals surface area contributed by atoms with Gasteiger partial charge in [-0.2, -0.15) is 0 Å². The number of ether oxygens (including phenoxy) is 1. The second-order valence-corrected chi connectivity index (χ2v) is 14.8. The molecular weight excluding hydrogens is 720 g/mol. The van der Waals surface area contributed by atoms with E-state index >= 15 is 0 Å². The van der Waals surface area contributed by atoms with Crippen molar-refractivity contribution in [2.24, 2.45) is 0 Å². The van der Waals surface area contributed by atoms with E-state index in [9.17, 15) is 9.59 Å². The van der Waals surface area contributed by atoms with Gasteiger partial charge in [-0.15, -0.1) is 0 Å². The number of nitrogens with one attached hydrogen (secondary N) is 2. The number of carbonyl (C=O) groups excluding carboxylic acids is 2. The topological polar surface area (TPSA) is 67.4 Å². The van der Waals surface area contributed by atoms with E-state index in [2.05, 4.69) is 66.5 Å². The van der Waals surface area contributed by atoms with E-state index in [-0.39, 0.29) is 58.1 Å². The minimum absolute atomic E-state index is 0. The first-order valence-electron chi connectivity index (χ1n) is 19.4. The van der Waals surface area contributed by atoms with Crippen LogP contribution < -0.4 is 44.6 Å². The molecule has 0 aliphatic rings. The fourth-order valence-corrected chi connectivity index (χ4v) is 6.26. The number of halogens is 2. The van der Waals surface area contributed by atoms with Gasteiger partial charge in [0, 0.05) is 25.7 Å². The summed E-state index contributed by atoms with van der Waals surface area (Å²) in [6.45, 7) is 11.8. The zero-order valence-electron chi connectivity index (χ0n) is 32.4. The van der Waals surface area contributed by atoms with Crippen molar-refractivity contribution in [2.45, 2.75) is 181 Å². The zero-order chi connectivity index (χ0) is 33.8. The number of hydrogen-bond acceptors (Lipinski definition) is 3. The third-order valence-corrected chi connectivity index (χ3v) is 9.75. The van der Waals surface area contributed by atoms with Crippen molar-refractivity contribution in [1.29, 1.82) is 0 Å². The van der Waals surface area contributed by atoms with Gasteiger partial charge in [-0.3, -0.25) is 9.59 Å². The number of nitrogens with zero attached hydrogens (tertiary/aromatic N) is 2. The van der Waals surface area contributed by atoms with E-state index in [1.165, 1.54) is 89.9 Å². The molecule has 2 unspecified atom stereocenters. The van der Waals surface area contributed by atoms with Gasteiger partial charge < -0.3 is 58.3 Å². The summed E-state index contributed by atoms with van der Waals surface area (Å²) in [5, 5.41) is 6.61. The van der Waals surface area contributed by atoms with Crippen molar-refractivity contribution in [3.63, 3.8) is 0 Å². The first-order valence-corrected chi connectivity index (χ1v) is 19.4. The zero-order valence-corrected chi connectivity index (χ0v) is 35.6. The summed E-state index contributed by atoms with van der Waals surface area (Å²) in [5.41, 5.74) is 0. The number of rotatable bonds is 32. The molecule has 0 aromatic rings. The minimum atomic E-state index is 0. The van der Waals surface area contributed by atoms with Crippen LogP contribution in [-0.2, 0) is 14.3 Å². The highest BCUT2D eigenvalue weighted by Gasteiger charge is 2.29. The maximum atomic E-state index is 12.7. The lowest BCUT2D eigenvalue weighted by Gasteiger charge is -2.39. The van der Waals surface area contributed by atoms with Crippen molar-refractivity contribution < 1.29 is 57.3 Å². The Morgan fingerprint density at radius 1 is 0.489 bits per heavy atom. The SMILES string of the molecule is CCCCCCCCCCCC(=O)NC(CC)[N+](C)(C)CCOCC[N+](C)(C)C(CC)NC(=O)CCCCCCCCCCC.[Br-].[Br-]. The minimum Gasteiger partial charge on any atom is -1.00 e. The highest BCUT2D eigenvalue weighted by atomic mass is 79.9. The average molecular weight is 801 g/mol. The molecule has 2 amide bonds. The van der Waals surface area contributed by atoms with Crippen LogP contribution in [0.3, 0.4) is 0 Å². The molecule has 0 spiro atoms. The van der Waals surface area contributed by atoms with Crippen LogP contribution in [0.4, 0.5) is 0 Å². The average Bonchev–Trinajstić information content (AvgIpc) is 3.00. The van der Waals surface area contributed by atoms with Gasteiger partial charge in [0.1, 0.15) is 13.1 Å². The number of amides is 2. The summed E-state index contributed by atoms with van der Waals surface area (Å²) in [4.78, 5) is 25.4. The summed E-state index contributed by atoms with van der Waals surface area (Å²) in [6, 6.07) is 0. The molecule has 9 heteroatoms. The Kier molecular flexibility index (Phi) is 35.9. The summed E-state index contributed by atoms with van der Waals surface area (Å²) in [7, 11) is 8.75. The van der Waals surface area contributed by atoms with Crippen molar-refractivity contribution >= 4 is 11.8 Å². The second kappa shape index (κ2) is 33.0. The molecule has 7 nitrogen and oxygen atoms in total. The Morgan fingerprint density at radius 3 is 1.04 bits per heavy atom. The lowest BCUT2D eigenvalue weighted by Crippen LogP contribution is -3.00. The Bertz CT molecular complexity index is 667. The molecule has 284 valence electrons. The molecule has 0 rings (SSSR count). The fourth-order valence-electron chi connectivity index (χ4n) is 6.26. The first kappa shape index (κ1) is 51.2. The van der Waals surface area contributed by atoms with Crippen molar-refractivity contribution in [1.82, 2.24) is 10.6 Å². The molecule has 0 heterocycles. The molecule has 0 aromatic carbocycles. The molecule has 0 bridgehead atoms. The largest absolute Gasteiger partial charge is 1.00 e. The highest BCUT2D eigenvalue weighted by molar-refractivity contribution is 5.76. The van der Waals surface area contributed by atoms with E-state index in [0.29, 0.717) is 35.0 Å². The van der Waals surface area contributed by atoms with Gasteiger partial charge in [0.25, 0.3) is 0 Å². The molecule has 0 aliphatic carbocycles. The monoisotopic (exact) mass is 798 g/mol. The number of likely N-dealkylation sites (N-methyl/N-ethyl adjacent to an activating group) is 2. The molecule has 0 fully saturated rings. The number of hydrogen-bond donors (Lipinski definition) is 2. The predicted octanol–water partition coefficient (Wildman–Crippen LogP) is 2.71. The van der Waals surface area contributed by atoms with Crippen LogP contribution in [0, 0.1) is 0 Å². The van der Waals surface area contributed by atoms with Gasteiger partial charge in [0.2, 0.25) is 11.8 Å². The smallest absolute Gasteiger partial charge is 0.224 e. The number of quaternary nitrogens is 2. The highest BCUT2D eigenvalue weighted by Crippen LogP contribution is 2.14. The number of carbonyl (C=O) groups is 2. The molecule has 2 N–H and O–H groups in total. The standard InChI is InChI=1S/C38H78N4O3.2BrH/c1-9-13-15-17-19-21-23-25-27-29-37(43)39-35(11-3)41(5,6)31-33-45-34-32-42(7,8)36(12-4)40-38(44)30-28-26-24-22-20-18-16-14-10-2;;/h35-36H,9-34H2,1-8H3;2*1H. The van der Waals surface area contributed by atoms with Gasteiger partial charge in [0.15, 0.2) is 12.3 Å². The third-order valence-electron chi connectivity index (χ3n) is 9.75. The summed E-state index contributed by atoms with van der Waals surface area (Å²) >= 11 is 0. The summed E-state index contributed by atoms with van der Waals surface area (Å²) in [6.07, 6.45) is 26.1. The Hall–Kier alpha value is -0.220. The van der Waals surface area contributed by atoms with Crippen LogP contribution in [0.2, 0.25) is 0 Å². The van der Waals surface area contributed by atoms with Crippen LogP contribution >= 0.6 is 0 Å². The molecular formula is C38H80Br2N4O3. The van der Waals surface area contributed by atoms with Crippen LogP contribution in [-0.4, -0.2) is 87.6 Å². The normalized spacial score (nSPS) is 12.9. The van der Waals surface area contributed by atoms with E-state index in [1.807, 2.05) is 0 Å². The maximum Gasteiger partial charge on any atom is 0.224 e. The molecule has 0 saturated carbocycles. The Labute approximate surface area is 314 Å². The molecule has 0 saturated heterocycles. The van der Waals surface area contributed by atoms with E-state index in [4.69, 9.17) is 4.74 Å². The molecule has 47 heavy (non-hydrogen) atoms. The van der Waals surface area contributed by atoms with Crippen molar-refractivity contribution in [3.05, 3.63) is 0 Å². The molecule has 2 atom stereocenters. The van der Waals surface area contributed by atoms with E-state index in [1.54, 1.807) is 0 Å². The Morgan fingerprint density at radius 2 is 0.766 bits per heavy atom. The van der Waals surface area contributed by atoms with E-state index in [0.717, 1.165) is 51.6 Å².